The number of hydrogen-bond donors (Lipinski definition) is 1. The highest BCUT2D eigenvalue weighted by atomic mass is 79.9. The first-order chi connectivity index (χ1) is 8.61. The number of pyridine rings is 1. The van der Waals surface area contributed by atoms with Gasteiger partial charge in [0.25, 0.3) is 5.91 Å². The summed E-state index contributed by atoms with van der Waals surface area (Å²) in [6, 6.07) is 5.21. The fourth-order valence-electron chi connectivity index (χ4n) is 1.25. The Hall–Kier alpha value is -1.42. The van der Waals surface area contributed by atoms with Gasteiger partial charge in [0.2, 0.25) is 0 Å². The molecule has 0 bridgehead atoms. The molecule has 1 amide bonds. The summed E-state index contributed by atoms with van der Waals surface area (Å²) in [6.45, 7) is 0. The van der Waals surface area contributed by atoms with E-state index in [0.717, 1.165) is 0 Å². The molecule has 0 aliphatic rings. The van der Waals surface area contributed by atoms with Crippen LogP contribution < -0.4 is 5.32 Å². The first-order valence-electron chi connectivity index (χ1n) is 4.72. The van der Waals surface area contributed by atoms with Crippen LogP contribution in [0.4, 0.5) is 5.00 Å². The Bertz CT molecular complexity index is 650. The van der Waals surface area contributed by atoms with E-state index in [1.807, 2.05) is 6.07 Å². The first kappa shape index (κ1) is 13.0. The molecule has 4 nitrogen and oxygen atoms in total. The minimum absolute atomic E-state index is 0.116. The number of carbonyl (C=O) groups is 1. The molecule has 2 aromatic rings. The molecule has 0 aliphatic heterocycles. The number of halogens is 2. The molecule has 0 saturated heterocycles. The molecule has 0 unspecified atom stereocenters. The third-order valence-electron chi connectivity index (χ3n) is 2.06. The van der Waals surface area contributed by atoms with Crippen molar-refractivity contribution in [2.24, 2.45) is 0 Å². The van der Waals surface area contributed by atoms with Crippen LogP contribution in [0.1, 0.15) is 15.9 Å². The first-order valence-corrected chi connectivity index (χ1v) is 6.77. The van der Waals surface area contributed by atoms with E-state index in [4.69, 9.17) is 16.9 Å². The van der Waals surface area contributed by atoms with Gasteiger partial charge in [-0.25, -0.2) is 4.98 Å². The summed E-state index contributed by atoms with van der Waals surface area (Å²) in [5.41, 5.74) is 0.677. The number of nitriles is 1. The highest BCUT2D eigenvalue weighted by Gasteiger charge is 2.14. The molecule has 0 spiro atoms. The standard InChI is InChI=1S/C11H5BrClN3OS/c12-7-3-8(9(13)15-5-7)10(17)16-11-6(4-14)1-2-18-11/h1-3,5H,(H,16,17). The summed E-state index contributed by atoms with van der Waals surface area (Å²) < 4.78 is 0.656. The van der Waals surface area contributed by atoms with Crippen LogP contribution in [0.15, 0.2) is 28.2 Å². The van der Waals surface area contributed by atoms with Crippen molar-refractivity contribution < 1.29 is 4.79 Å². The number of thiophene rings is 1. The molecular formula is C11H5BrClN3OS. The Kier molecular flexibility index (Phi) is 3.97. The van der Waals surface area contributed by atoms with Crippen molar-refractivity contribution in [3.8, 4) is 6.07 Å². The van der Waals surface area contributed by atoms with Crippen LogP contribution in [-0.4, -0.2) is 10.9 Å². The third kappa shape index (κ3) is 2.70. The molecule has 7 heteroatoms. The van der Waals surface area contributed by atoms with Crippen LogP contribution in [0.2, 0.25) is 5.15 Å². The summed E-state index contributed by atoms with van der Waals surface area (Å²) >= 11 is 10.3. The Morgan fingerprint density at radius 2 is 2.39 bits per heavy atom. The summed E-state index contributed by atoms with van der Waals surface area (Å²) in [5.74, 6) is -0.396. The number of hydrogen-bond acceptors (Lipinski definition) is 4. The Labute approximate surface area is 120 Å². The number of rotatable bonds is 2. The quantitative estimate of drug-likeness (QED) is 0.847. The van der Waals surface area contributed by atoms with Crippen LogP contribution in [0.5, 0.6) is 0 Å². The van der Waals surface area contributed by atoms with Gasteiger partial charge in [-0.3, -0.25) is 4.79 Å². The van der Waals surface area contributed by atoms with E-state index < -0.39 is 5.91 Å². The maximum atomic E-state index is 12.0. The van der Waals surface area contributed by atoms with E-state index in [0.29, 0.717) is 15.0 Å². The van der Waals surface area contributed by atoms with Crippen LogP contribution in [0.25, 0.3) is 0 Å². The van der Waals surface area contributed by atoms with Crippen LogP contribution >= 0.6 is 38.9 Å². The average molecular weight is 343 g/mol. The maximum absolute atomic E-state index is 12.0. The molecule has 0 saturated carbocycles. The van der Waals surface area contributed by atoms with E-state index in [9.17, 15) is 4.79 Å². The normalized spacial score (nSPS) is 9.83. The summed E-state index contributed by atoms with van der Waals surface area (Å²) in [6.07, 6.45) is 1.50. The smallest absolute Gasteiger partial charge is 0.259 e. The van der Waals surface area contributed by atoms with Gasteiger partial charge < -0.3 is 5.32 Å². The summed E-state index contributed by atoms with van der Waals surface area (Å²) in [4.78, 5) is 15.9. The molecule has 1 N–H and O–H groups in total. The minimum atomic E-state index is -0.396. The van der Waals surface area contributed by atoms with Gasteiger partial charge in [-0.1, -0.05) is 11.6 Å². The lowest BCUT2D eigenvalue weighted by molar-refractivity contribution is 0.102. The molecule has 0 aliphatic carbocycles. The largest absolute Gasteiger partial charge is 0.312 e. The fraction of sp³-hybridized carbons (Fsp3) is 0. The lowest BCUT2D eigenvalue weighted by Crippen LogP contribution is -2.12. The predicted octanol–water partition coefficient (Wildman–Crippen LogP) is 3.68. The lowest BCUT2D eigenvalue weighted by Gasteiger charge is -2.05. The van der Waals surface area contributed by atoms with Gasteiger partial charge in [0.1, 0.15) is 16.2 Å². The number of nitrogens with zero attached hydrogens (tertiary/aromatic N) is 2. The zero-order valence-electron chi connectivity index (χ0n) is 8.78. The molecule has 18 heavy (non-hydrogen) atoms. The van der Waals surface area contributed by atoms with E-state index in [-0.39, 0.29) is 10.7 Å². The molecule has 90 valence electrons. The molecule has 0 aromatic carbocycles. The second-order valence-corrected chi connectivity index (χ2v) is 5.41. The Morgan fingerprint density at radius 3 is 3.11 bits per heavy atom. The van der Waals surface area contributed by atoms with E-state index in [1.165, 1.54) is 17.5 Å². The highest BCUT2D eigenvalue weighted by Crippen LogP contribution is 2.24. The maximum Gasteiger partial charge on any atom is 0.259 e. The van der Waals surface area contributed by atoms with Crippen LogP contribution in [-0.2, 0) is 0 Å². The van der Waals surface area contributed by atoms with Crippen molar-refractivity contribution in [2.45, 2.75) is 0 Å². The highest BCUT2D eigenvalue weighted by molar-refractivity contribution is 9.10. The Morgan fingerprint density at radius 1 is 1.61 bits per heavy atom. The number of anilines is 1. The van der Waals surface area contributed by atoms with Crippen molar-refractivity contribution in [2.75, 3.05) is 5.32 Å². The molecule has 0 atom stereocenters. The van der Waals surface area contributed by atoms with Gasteiger partial charge in [0.15, 0.2) is 0 Å². The monoisotopic (exact) mass is 341 g/mol. The van der Waals surface area contributed by atoms with E-state index >= 15 is 0 Å². The zero-order valence-corrected chi connectivity index (χ0v) is 11.9. The van der Waals surface area contributed by atoms with E-state index in [1.54, 1.807) is 17.5 Å². The summed E-state index contributed by atoms with van der Waals surface area (Å²) in [5, 5.41) is 13.8. The molecule has 0 radical (unpaired) electrons. The van der Waals surface area contributed by atoms with Gasteiger partial charge in [0, 0.05) is 10.7 Å². The molecule has 2 rings (SSSR count). The van der Waals surface area contributed by atoms with Crippen molar-refractivity contribution >= 4 is 49.8 Å². The SMILES string of the molecule is N#Cc1ccsc1NC(=O)c1cc(Br)cnc1Cl. The minimum Gasteiger partial charge on any atom is -0.312 e. The van der Waals surface area contributed by atoms with Gasteiger partial charge in [-0.15, -0.1) is 11.3 Å². The summed E-state index contributed by atoms with van der Waals surface area (Å²) in [7, 11) is 0. The fourth-order valence-corrected chi connectivity index (χ4v) is 2.50. The van der Waals surface area contributed by atoms with Crippen molar-refractivity contribution in [3.05, 3.63) is 44.5 Å². The van der Waals surface area contributed by atoms with Crippen molar-refractivity contribution in [1.82, 2.24) is 4.98 Å². The van der Waals surface area contributed by atoms with Gasteiger partial charge in [-0.05, 0) is 33.4 Å². The topological polar surface area (TPSA) is 65.8 Å². The van der Waals surface area contributed by atoms with Gasteiger partial charge >= 0.3 is 0 Å². The predicted molar refractivity (Wildman–Crippen MR) is 73.9 cm³/mol. The number of carbonyl (C=O) groups excluding carboxylic acids is 1. The van der Waals surface area contributed by atoms with Crippen molar-refractivity contribution in [1.29, 1.82) is 5.26 Å². The number of amides is 1. The van der Waals surface area contributed by atoms with Crippen LogP contribution in [0.3, 0.4) is 0 Å². The van der Waals surface area contributed by atoms with Gasteiger partial charge in [-0.2, -0.15) is 5.26 Å². The van der Waals surface area contributed by atoms with Crippen LogP contribution in [0, 0.1) is 11.3 Å². The zero-order chi connectivity index (χ0) is 13.1. The number of nitrogens with one attached hydrogen (secondary N) is 1. The van der Waals surface area contributed by atoms with Crippen molar-refractivity contribution in [3.63, 3.8) is 0 Å². The molecular weight excluding hydrogens is 338 g/mol. The third-order valence-corrected chi connectivity index (χ3v) is 3.63. The van der Waals surface area contributed by atoms with E-state index in [2.05, 4.69) is 26.2 Å². The average Bonchev–Trinajstić information content (AvgIpc) is 2.79. The lowest BCUT2D eigenvalue weighted by atomic mass is 10.2. The second kappa shape index (κ2) is 5.48. The molecule has 0 fully saturated rings. The molecule has 2 aromatic heterocycles. The van der Waals surface area contributed by atoms with Gasteiger partial charge in [0.05, 0.1) is 11.1 Å². The Balaban J connectivity index is 2.28. The number of aromatic nitrogens is 1. The second-order valence-electron chi connectivity index (χ2n) is 3.22. The molecule has 2 heterocycles.